The number of aliphatic hydroxyl groups excluding tert-OH is 1. The minimum absolute atomic E-state index is 0.00226. The van der Waals surface area contributed by atoms with Gasteiger partial charge in [-0.1, -0.05) is 24.3 Å². The fraction of sp³-hybridized carbons (Fsp3) is 0.167. The number of aryl methyl sites for hydroxylation is 1. The second-order valence-corrected chi connectivity index (χ2v) is 9.66. The molecule has 0 radical (unpaired) electrons. The Morgan fingerprint density at radius 3 is 2.74 bits per heavy atom. The normalized spacial score (nSPS) is 11.2. The van der Waals surface area contributed by atoms with Gasteiger partial charge in [0.2, 0.25) is 5.91 Å². The highest BCUT2D eigenvalue weighted by Gasteiger charge is 2.21. The number of hydrogen-bond donors (Lipinski definition) is 4. The van der Waals surface area contributed by atoms with Crippen LogP contribution in [0.1, 0.15) is 5.69 Å². The Morgan fingerprint density at radius 2 is 1.93 bits per heavy atom. The molecule has 4 aromatic heterocycles. The van der Waals surface area contributed by atoms with Crippen LogP contribution in [-0.4, -0.2) is 60.6 Å². The third-order valence-corrected chi connectivity index (χ3v) is 7.04. The Labute approximate surface area is 240 Å². The molecular formula is C30H29N9O3. The van der Waals surface area contributed by atoms with Crippen molar-refractivity contribution in [1.29, 1.82) is 0 Å². The molecule has 4 heterocycles. The smallest absolute Gasteiger partial charge is 0.230 e. The molecule has 0 atom stereocenters. The molecule has 212 valence electrons. The van der Waals surface area contributed by atoms with Crippen LogP contribution in [0, 0.1) is 0 Å². The van der Waals surface area contributed by atoms with E-state index in [4.69, 9.17) is 20.7 Å². The van der Waals surface area contributed by atoms with Crippen LogP contribution in [0.15, 0.2) is 73.2 Å². The topological polar surface area (TPSA) is 158 Å². The molecular weight excluding hydrogens is 534 g/mol. The molecule has 0 saturated carbocycles. The third kappa shape index (κ3) is 4.95. The van der Waals surface area contributed by atoms with Gasteiger partial charge in [-0.3, -0.25) is 4.79 Å². The Morgan fingerprint density at radius 1 is 1.07 bits per heavy atom. The number of aliphatic hydroxyl groups is 1. The number of nitrogen functional groups attached to an aromatic ring is 1. The number of anilines is 3. The number of carbonyl (C=O) groups is 1. The number of aromatic nitrogens is 6. The van der Waals surface area contributed by atoms with Gasteiger partial charge in [-0.2, -0.15) is 9.78 Å². The molecule has 0 spiro atoms. The maximum absolute atomic E-state index is 13.1. The van der Waals surface area contributed by atoms with Gasteiger partial charge in [0.25, 0.3) is 0 Å². The largest absolute Gasteiger partial charge is 0.495 e. The van der Waals surface area contributed by atoms with E-state index < -0.39 is 0 Å². The number of pyridine rings is 1. The van der Waals surface area contributed by atoms with E-state index in [1.165, 1.54) is 6.33 Å². The minimum Gasteiger partial charge on any atom is -0.495 e. The van der Waals surface area contributed by atoms with Crippen LogP contribution >= 0.6 is 0 Å². The summed E-state index contributed by atoms with van der Waals surface area (Å²) in [4.78, 5) is 26.1. The number of nitrogens with one attached hydrogen (secondary N) is 2. The van der Waals surface area contributed by atoms with E-state index >= 15 is 0 Å². The van der Waals surface area contributed by atoms with Gasteiger partial charge in [0.05, 0.1) is 31.2 Å². The van der Waals surface area contributed by atoms with E-state index in [0.29, 0.717) is 46.1 Å². The molecule has 12 nitrogen and oxygen atoms in total. The highest BCUT2D eigenvalue weighted by atomic mass is 16.5. The van der Waals surface area contributed by atoms with Gasteiger partial charge in [0.15, 0.2) is 11.5 Å². The van der Waals surface area contributed by atoms with Gasteiger partial charge in [-0.25, -0.2) is 15.0 Å². The lowest BCUT2D eigenvalue weighted by atomic mass is 10.1. The second kappa shape index (κ2) is 11.2. The van der Waals surface area contributed by atoms with E-state index in [9.17, 15) is 4.79 Å². The minimum atomic E-state index is -0.167. The Kier molecular flexibility index (Phi) is 7.11. The summed E-state index contributed by atoms with van der Waals surface area (Å²) in [5.41, 5.74) is 11.3. The zero-order chi connectivity index (χ0) is 29.2. The molecule has 5 N–H and O–H groups in total. The molecule has 0 fully saturated rings. The SMILES string of the molecule is COc1cc(-c2nn(-c3cc(NCCO)ccn3)c3ncnc(N)c23)ccc1NC(=O)Cc1cc2ccccc2n1C. The third-order valence-electron chi connectivity index (χ3n) is 7.04. The number of nitrogens with two attached hydrogens (primary N) is 1. The molecule has 0 bridgehead atoms. The van der Waals surface area contributed by atoms with E-state index in [2.05, 4.69) is 25.6 Å². The second-order valence-electron chi connectivity index (χ2n) is 9.66. The van der Waals surface area contributed by atoms with Crippen molar-refractivity contribution in [2.75, 3.05) is 36.6 Å². The van der Waals surface area contributed by atoms with Crippen LogP contribution < -0.4 is 21.1 Å². The van der Waals surface area contributed by atoms with Crippen molar-refractivity contribution in [3.63, 3.8) is 0 Å². The fourth-order valence-electron chi connectivity index (χ4n) is 5.00. The van der Waals surface area contributed by atoms with E-state index in [1.54, 1.807) is 42.3 Å². The number of carbonyl (C=O) groups excluding carboxylic acids is 1. The van der Waals surface area contributed by atoms with E-state index in [-0.39, 0.29) is 24.8 Å². The predicted octanol–water partition coefficient (Wildman–Crippen LogP) is 3.55. The standard InChI is InChI=1S/C30H29N9O3/c1-38-21(13-18-5-3-4-6-23(18)38)16-26(41)36-22-8-7-19(14-24(22)42-2)28-27-29(31)34-17-35-30(27)39(37-28)25-15-20(9-10-33-25)32-11-12-40/h3-10,13-15,17,40H,11-12,16H2,1-2H3,(H,32,33)(H,36,41)(H2,31,34,35). The van der Waals surface area contributed by atoms with Gasteiger partial charge in [-0.05, 0) is 35.7 Å². The van der Waals surface area contributed by atoms with Gasteiger partial charge in [0, 0.05) is 48.3 Å². The maximum Gasteiger partial charge on any atom is 0.230 e. The van der Waals surface area contributed by atoms with Crippen LogP contribution in [0.2, 0.25) is 0 Å². The van der Waals surface area contributed by atoms with Crippen molar-refractivity contribution in [3.8, 4) is 22.8 Å². The molecule has 6 rings (SSSR count). The molecule has 6 aromatic rings. The van der Waals surface area contributed by atoms with Crippen molar-refractivity contribution in [2.24, 2.45) is 7.05 Å². The summed E-state index contributed by atoms with van der Waals surface area (Å²) < 4.78 is 9.28. The monoisotopic (exact) mass is 563 g/mol. The first-order chi connectivity index (χ1) is 20.5. The van der Waals surface area contributed by atoms with Crippen molar-refractivity contribution < 1.29 is 14.6 Å². The quantitative estimate of drug-likeness (QED) is 0.206. The summed E-state index contributed by atoms with van der Waals surface area (Å²) >= 11 is 0. The number of hydrogen-bond acceptors (Lipinski definition) is 9. The molecule has 1 amide bonds. The summed E-state index contributed by atoms with van der Waals surface area (Å²) in [7, 11) is 3.50. The average Bonchev–Trinajstić information content (AvgIpc) is 3.55. The van der Waals surface area contributed by atoms with Crippen LogP contribution in [0.25, 0.3) is 39.0 Å². The molecule has 0 aliphatic carbocycles. The number of methoxy groups -OCH3 is 1. The first-order valence-corrected chi connectivity index (χ1v) is 13.3. The molecule has 0 aliphatic heterocycles. The summed E-state index contributed by atoms with van der Waals surface area (Å²) in [5, 5.41) is 21.7. The summed E-state index contributed by atoms with van der Waals surface area (Å²) in [6, 6.07) is 19.0. The Balaban J connectivity index is 1.32. The Hall–Kier alpha value is -5.49. The molecule has 0 aliphatic rings. The average molecular weight is 564 g/mol. The lowest BCUT2D eigenvalue weighted by molar-refractivity contribution is -0.115. The molecule has 0 saturated heterocycles. The highest BCUT2D eigenvalue weighted by Crippen LogP contribution is 2.36. The first kappa shape index (κ1) is 26.7. The van der Waals surface area contributed by atoms with Crippen molar-refractivity contribution in [3.05, 3.63) is 78.9 Å². The number of benzene rings is 2. The van der Waals surface area contributed by atoms with E-state index in [0.717, 1.165) is 22.3 Å². The highest BCUT2D eigenvalue weighted by molar-refractivity contribution is 6.00. The van der Waals surface area contributed by atoms with Crippen molar-refractivity contribution >= 4 is 45.0 Å². The fourth-order valence-corrected chi connectivity index (χ4v) is 5.00. The van der Waals surface area contributed by atoms with E-state index in [1.807, 2.05) is 48.0 Å². The number of nitrogens with zero attached hydrogens (tertiary/aromatic N) is 6. The number of rotatable bonds is 9. The van der Waals surface area contributed by atoms with Gasteiger partial charge in [0.1, 0.15) is 23.6 Å². The molecule has 12 heteroatoms. The summed E-state index contributed by atoms with van der Waals surface area (Å²) in [6.45, 7) is 0.395. The van der Waals surface area contributed by atoms with Crippen LogP contribution in [0.4, 0.5) is 17.2 Å². The Bertz CT molecular complexity index is 1930. The number of para-hydroxylation sites is 1. The molecule has 42 heavy (non-hydrogen) atoms. The van der Waals surface area contributed by atoms with Gasteiger partial charge >= 0.3 is 0 Å². The summed E-state index contributed by atoms with van der Waals surface area (Å²) in [5.74, 6) is 1.07. The predicted molar refractivity (Wildman–Crippen MR) is 162 cm³/mol. The zero-order valence-corrected chi connectivity index (χ0v) is 23.1. The summed E-state index contributed by atoms with van der Waals surface area (Å²) in [6.07, 6.45) is 3.23. The van der Waals surface area contributed by atoms with Crippen molar-refractivity contribution in [2.45, 2.75) is 6.42 Å². The number of amides is 1. The van der Waals surface area contributed by atoms with Crippen LogP contribution in [0.3, 0.4) is 0 Å². The first-order valence-electron chi connectivity index (χ1n) is 13.3. The van der Waals surface area contributed by atoms with Crippen molar-refractivity contribution in [1.82, 2.24) is 29.3 Å². The zero-order valence-electron chi connectivity index (χ0n) is 23.1. The number of fused-ring (bicyclic) bond motifs is 2. The molecule has 2 aromatic carbocycles. The maximum atomic E-state index is 13.1. The van der Waals surface area contributed by atoms with Crippen LogP contribution in [-0.2, 0) is 18.3 Å². The van der Waals surface area contributed by atoms with Gasteiger partial charge < -0.3 is 30.8 Å². The van der Waals surface area contributed by atoms with Crippen LogP contribution in [0.5, 0.6) is 5.75 Å². The van der Waals surface area contributed by atoms with Gasteiger partial charge in [-0.15, -0.1) is 0 Å². The lowest BCUT2D eigenvalue weighted by Crippen LogP contribution is -2.16. The number of ether oxygens (including phenoxy) is 1. The lowest BCUT2D eigenvalue weighted by Gasteiger charge is -2.12. The molecule has 0 unspecified atom stereocenters.